The van der Waals surface area contributed by atoms with Gasteiger partial charge in [0, 0.05) is 5.56 Å². The molecule has 0 bridgehead atoms. The van der Waals surface area contributed by atoms with Crippen molar-refractivity contribution in [3.8, 4) is 22.8 Å². The molecule has 28 heavy (non-hydrogen) atoms. The number of aromatic nitrogens is 2. The van der Waals surface area contributed by atoms with Crippen LogP contribution in [0.3, 0.4) is 0 Å². The van der Waals surface area contributed by atoms with E-state index < -0.39 is 5.91 Å². The lowest BCUT2D eigenvalue weighted by molar-refractivity contribution is 0.0950. The molecule has 0 spiro atoms. The molecule has 0 unspecified atom stereocenters. The summed E-state index contributed by atoms with van der Waals surface area (Å²) in [6.45, 7) is 2.24. The summed E-state index contributed by atoms with van der Waals surface area (Å²) in [7, 11) is 0. The Kier molecular flexibility index (Phi) is 6.18. The van der Waals surface area contributed by atoms with Gasteiger partial charge in [-0.15, -0.1) is 0 Å². The number of halogens is 2. The third-order valence-corrected chi connectivity index (χ3v) is 4.44. The molecule has 9 heteroatoms. The highest BCUT2D eigenvalue weighted by atomic mass is 35.5. The lowest BCUT2D eigenvalue weighted by atomic mass is 10.1. The molecule has 0 fully saturated rings. The molecule has 1 aromatic heterocycles. The number of phenolic OH excluding ortho intramolecular Hbond substituents is 1. The van der Waals surface area contributed by atoms with Crippen LogP contribution in [0.4, 0.5) is 0 Å². The maximum atomic E-state index is 12.2. The molecular formula is C19H16Cl2N4O3. The maximum Gasteiger partial charge on any atom is 0.289 e. The first-order chi connectivity index (χ1) is 13.5. The van der Waals surface area contributed by atoms with E-state index in [0.29, 0.717) is 33.7 Å². The number of amides is 1. The van der Waals surface area contributed by atoms with Gasteiger partial charge < -0.3 is 9.84 Å². The molecule has 0 radical (unpaired) electrons. The summed E-state index contributed by atoms with van der Waals surface area (Å²) in [6.07, 6.45) is 1.44. The standard InChI is InChI=1S/C19H16Cl2N4O3/c1-2-28-18-7-11(3-6-17(18)26)10-22-25-19(27)16-9-15(23-24-16)12-4-5-13(20)14(21)8-12/h3-10,26H,2H2,1H3,(H,23,24)(H,25,27)/b22-10-. The lowest BCUT2D eigenvalue weighted by Crippen LogP contribution is -2.18. The Morgan fingerprint density at radius 2 is 2.07 bits per heavy atom. The Bertz CT molecular complexity index is 1030. The van der Waals surface area contributed by atoms with Gasteiger partial charge in [0.1, 0.15) is 5.69 Å². The summed E-state index contributed by atoms with van der Waals surface area (Å²) < 4.78 is 5.30. The number of ether oxygens (including phenoxy) is 1. The maximum absolute atomic E-state index is 12.2. The summed E-state index contributed by atoms with van der Waals surface area (Å²) in [5.41, 5.74) is 4.57. The minimum Gasteiger partial charge on any atom is -0.504 e. The van der Waals surface area contributed by atoms with Gasteiger partial charge in [0.25, 0.3) is 5.91 Å². The number of hydrogen-bond acceptors (Lipinski definition) is 5. The number of hydrazone groups is 1. The zero-order valence-electron chi connectivity index (χ0n) is 14.7. The fourth-order valence-corrected chi connectivity index (χ4v) is 2.65. The first kappa shape index (κ1) is 19.7. The van der Waals surface area contributed by atoms with Gasteiger partial charge in [-0.25, -0.2) is 5.43 Å². The summed E-state index contributed by atoms with van der Waals surface area (Å²) in [5, 5.41) is 21.2. The predicted molar refractivity (Wildman–Crippen MR) is 108 cm³/mol. The molecule has 1 heterocycles. The first-order valence-corrected chi connectivity index (χ1v) is 9.03. The van der Waals surface area contributed by atoms with Gasteiger partial charge in [-0.05, 0) is 48.9 Å². The Labute approximate surface area is 170 Å². The van der Waals surface area contributed by atoms with Gasteiger partial charge >= 0.3 is 0 Å². The van der Waals surface area contributed by atoms with Gasteiger partial charge in [0.2, 0.25) is 0 Å². The normalized spacial score (nSPS) is 11.0. The SMILES string of the molecule is CCOc1cc(/C=N\NC(=O)c2cc(-c3ccc(Cl)c(Cl)c3)n[nH]2)ccc1O. The van der Waals surface area contributed by atoms with E-state index in [0.717, 1.165) is 5.56 Å². The molecule has 0 saturated heterocycles. The van der Waals surface area contributed by atoms with E-state index in [4.69, 9.17) is 27.9 Å². The molecule has 144 valence electrons. The van der Waals surface area contributed by atoms with E-state index in [2.05, 4.69) is 20.7 Å². The van der Waals surface area contributed by atoms with Crippen molar-refractivity contribution in [1.82, 2.24) is 15.6 Å². The molecule has 0 atom stereocenters. The number of aromatic hydroxyl groups is 1. The summed E-state index contributed by atoms with van der Waals surface area (Å²) >= 11 is 11.9. The Hall–Kier alpha value is -3.03. The second kappa shape index (κ2) is 8.77. The fourth-order valence-electron chi connectivity index (χ4n) is 2.35. The average molecular weight is 419 g/mol. The molecule has 0 aliphatic carbocycles. The number of nitrogens with one attached hydrogen (secondary N) is 2. The van der Waals surface area contributed by atoms with Crippen LogP contribution in [0.1, 0.15) is 23.0 Å². The van der Waals surface area contributed by atoms with E-state index in [1.165, 1.54) is 12.3 Å². The predicted octanol–water partition coefficient (Wildman–Crippen LogP) is 4.25. The van der Waals surface area contributed by atoms with Crippen molar-refractivity contribution in [2.24, 2.45) is 5.10 Å². The van der Waals surface area contributed by atoms with E-state index in [9.17, 15) is 9.90 Å². The molecule has 3 N–H and O–H groups in total. The molecule has 7 nitrogen and oxygen atoms in total. The third kappa shape index (κ3) is 4.62. The Morgan fingerprint density at radius 3 is 2.82 bits per heavy atom. The van der Waals surface area contributed by atoms with E-state index in [1.54, 1.807) is 36.4 Å². The monoisotopic (exact) mass is 418 g/mol. The van der Waals surface area contributed by atoms with E-state index in [-0.39, 0.29) is 11.4 Å². The lowest BCUT2D eigenvalue weighted by Gasteiger charge is -2.05. The second-order valence-electron chi connectivity index (χ2n) is 5.66. The van der Waals surface area contributed by atoms with Crippen LogP contribution >= 0.6 is 23.2 Å². The molecule has 2 aromatic carbocycles. The highest BCUT2D eigenvalue weighted by Gasteiger charge is 2.11. The van der Waals surface area contributed by atoms with Crippen LogP contribution in [0.15, 0.2) is 47.6 Å². The van der Waals surface area contributed by atoms with Gasteiger partial charge in [-0.1, -0.05) is 29.3 Å². The Morgan fingerprint density at radius 1 is 1.25 bits per heavy atom. The number of carbonyl (C=O) groups excluding carboxylic acids is 1. The summed E-state index contributed by atoms with van der Waals surface area (Å²) in [5.74, 6) is -0.0770. The fraction of sp³-hybridized carbons (Fsp3) is 0.105. The number of hydrogen-bond donors (Lipinski definition) is 3. The average Bonchev–Trinajstić information content (AvgIpc) is 3.17. The quantitative estimate of drug-likeness (QED) is 0.411. The summed E-state index contributed by atoms with van der Waals surface area (Å²) in [6, 6.07) is 11.4. The zero-order valence-corrected chi connectivity index (χ0v) is 16.3. The second-order valence-corrected chi connectivity index (χ2v) is 6.47. The van der Waals surface area contributed by atoms with Crippen molar-refractivity contribution in [2.75, 3.05) is 6.61 Å². The van der Waals surface area contributed by atoms with Gasteiger partial charge in [0.05, 0.1) is 28.6 Å². The number of phenols is 1. The van der Waals surface area contributed by atoms with Crippen LogP contribution in [0, 0.1) is 0 Å². The molecule has 0 saturated carbocycles. The van der Waals surface area contributed by atoms with Crippen LogP contribution in [0.2, 0.25) is 10.0 Å². The number of aromatic amines is 1. The molecule has 0 aliphatic rings. The number of rotatable bonds is 6. The first-order valence-electron chi connectivity index (χ1n) is 8.28. The van der Waals surface area contributed by atoms with Crippen LogP contribution in [0.5, 0.6) is 11.5 Å². The molecular weight excluding hydrogens is 403 g/mol. The molecule has 3 aromatic rings. The number of nitrogens with zero attached hydrogens (tertiary/aromatic N) is 2. The zero-order chi connectivity index (χ0) is 20.1. The minimum absolute atomic E-state index is 0.0373. The van der Waals surface area contributed by atoms with Gasteiger partial charge in [0.15, 0.2) is 11.5 Å². The van der Waals surface area contributed by atoms with Crippen molar-refractivity contribution in [2.45, 2.75) is 6.92 Å². The largest absolute Gasteiger partial charge is 0.504 e. The van der Waals surface area contributed by atoms with Crippen molar-refractivity contribution in [3.63, 3.8) is 0 Å². The van der Waals surface area contributed by atoms with Crippen molar-refractivity contribution < 1.29 is 14.6 Å². The van der Waals surface area contributed by atoms with E-state index >= 15 is 0 Å². The molecule has 1 amide bonds. The smallest absolute Gasteiger partial charge is 0.289 e. The van der Waals surface area contributed by atoms with Crippen molar-refractivity contribution in [1.29, 1.82) is 0 Å². The van der Waals surface area contributed by atoms with Crippen molar-refractivity contribution >= 4 is 35.3 Å². The number of benzene rings is 2. The van der Waals surface area contributed by atoms with Crippen molar-refractivity contribution in [3.05, 3.63) is 63.8 Å². The molecule has 3 rings (SSSR count). The minimum atomic E-state index is -0.459. The highest BCUT2D eigenvalue weighted by Crippen LogP contribution is 2.28. The summed E-state index contributed by atoms with van der Waals surface area (Å²) in [4.78, 5) is 12.2. The topological polar surface area (TPSA) is 99.6 Å². The Balaban J connectivity index is 1.67. The van der Waals surface area contributed by atoms with Gasteiger partial charge in [-0.2, -0.15) is 10.2 Å². The van der Waals surface area contributed by atoms with Crippen LogP contribution in [-0.4, -0.2) is 34.0 Å². The number of H-pyrrole nitrogens is 1. The third-order valence-electron chi connectivity index (χ3n) is 3.70. The molecule has 0 aliphatic heterocycles. The van der Waals surface area contributed by atoms with Crippen LogP contribution in [0.25, 0.3) is 11.3 Å². The van der Waals surface area contributed by atoms with E-state index in [1.807, 2.05) is 6.92 Å². The van der Waals surface area contributed by atoms with Gasteiger partial charge in [-0.3, -0.25) is 9.89 Å². The number of carbonyl (C=O) groups is 1. The highest BCUT2D eigenvalue weighted by molar-refractivity contribution is 6.42. The van der Waals surface area contributed by atoms with Crippen LogP contribution < -0.4 is 10.2 Å². The van der Waals surface area contributed by atoms with Crippen LogP contribution in [-0.2, 0) is 0 Å².